The number of esters is 1. The van der Waals surface area contributed by atoms with Crippen LogP contribution in [0.4, 0.5) is 5.69 Å². The van der Waals surface area contributed by atoms with Gasteiger partial charge in [-0.3, -0.25) is 19.5 Å². The molecule has 0 fully saturated rings. The Kier molecular flexibility index (Phi) is 8.01. The number of thiazole rings is 1. The highest BCUT2D eigenvalue weighted by Crippen LogP contribution is 2.36. The van der Waals surface area contributed by atoms with Crippen molar-refractivity contribution in [2.75, 3.05) is 13.7 Å². The lowest BCUT2D eigenvalue weighted by molar-refractivity contribution is -0.384. The SMILES string of the molecule is CCOC(=O)C1=C(c2ccccc2)N=c2s/c(=C\c3ccc(-c4cc([N+](=O)[O-])ccc4C)o3)c(=O)n2[C@H]1c1cccc(OC)c1. The van der Waals surface area contributed by atoms with Crippen molar-refractivity contribution in [2.24, 2.45) is 4.99 Å². The zero-order chi connectivity index (χ0) is 31.7. The normalized spacial score (nSPS) is 14.6. The van der Waals surface area contributed by atoms with Crippen LogP contribution in [0.2, 0.25) is 0 Å². The van der Waals surface area contributed by atoms with Crippen molar-refractivity contribution >= 4 is 34.8 Å². The fourth-order valence-corrected chi connectivity index (χ4v) is 6.24. The van der Waals surface area contributed by atoms with E-state index in [-0.39, 0.29) is 23.4 Å². The zero-order valence-electron chi connectivity index (χ0n) is 24.6. The van der Waals surface area contributed by atoms with Gasteiger partial charge in [0.1, 0.15) is 17.3 Å². The summed E-state index contributed by atoms with van der Waals surface area (Å²) in [5, 5.41) is 11.3. The predicted octanol–water partition coefficient (Wildman–Crippen LogP) is 5.42. The minimum absolute atomic E-state index is 0.0500. The monoisotopic (exact) mass is 621 g/mol. The van der Waals surface area contributed by atoms with Gasteiger partial charge in [-0.2, -0.15) is 0 Å². The lowest BCUT2D eigenvalue weighted by atomic mass is 9.93. The molecule has 10 nitrogen and oxygen atoms in total. The van der Waals surface area contributed by atoms with Crippen molar-refractivity contribution < 1.29 is 23.6 Å². The fraction of sp³-hybridized carbons (Fsp3) is 0.147. The molecular formula is C34H27N3O7S. The molecule has 0 unspecified atom stereocenters. The van der Waals surface area contributed by atoms with Crippen LogP contribution in [0.25, 0.3) is 23.1 Å². The smallest absolute Gasteiger partial charge is 0.338 e. The summed E-state index contributed by atoms with van der Waals surface area (Å²) in [6.07, 6.45) is 1.61. The van der Waals surface area contributed by atoms with Crippen molar-refractivity contribution in [3.05, 3.63) is 143 Å². The van der Waals surface area contributed by atoms with Crippen LogP contribution in [0.3, 0.4) is 0 Å². The van der Waals surface area contributed by atoms with E-state index >= 15 is 0 Å². The second kappa shape index (κ2) is 12.2. The summed E-state index contributed by atoms with van der Waals surface area (Å²) in [5.74, 6) is 0.799. The van der Waals surface area contributed by atoms with Gasteiger partial charge in [0, 0.05) is 29.3 Å². The number of furan rings is 1. The Balaban J connectivity index is 1.55. The van der Waals surface area contributed by atoms with Gasteiger partial charge < -0.3 is 13.9 Å². The van der Waals surface area contributed by atoms with Crippen molar-refractivity contribution in [2.45, 2.75) is 19.9 Å². The summed E-state index contributed by atoms with van der Waals surface area (Å²) < 4.78 is 18.9. The molecule has 2 aromatic heterocycles. The third kappa shape index (κ3) is 5.61. The van der Waals surface area contributed by atoms with Gasteiger partial charge in [-0.25, -0.2) is 9.79 Å². The number of aryl methyl sites for hydroxylation is 1. The molecule has 1 atom stereocenters. The highest BCUT2D eigenvalue weighted by atomic mass is 32.1. The van der Waals surface area contributed by atoms with Gasteiger partial charge >= 0.3 is 5.97 Å². The van der Waals surface area contributed by atoms with Crippen LogP contribution in [-0.2, 0) is 9.53 Å². The molecule has 0 bridgehead atoms. The average molecular weight is 622 g/mol. The summed E-state index contributed by atoms with van der Waals surface area (Å²) >= 11 is 1.17. The molecule has 0 amide bonds. The highest BCUT2D eigenvalue weighted by Gasteiger charge is 2.35. The molecule has 0 saturated carbocycles. The first-order chi connectivity index (χ1) is 21.8. The second-order valence-corrected chi connectivity index (χ2v) is 11.2. The average Bonchev–Trinajstić information content (AvgIpc) is 3.64. The lowest BCUT2D eigenvalue weighted by Gasteiger charge is -2.26. The molecule has 5 aromatic rings. The van der Waals surface area contributed by atoms with Crippen LogP contribution in [0, 0.1) is 17.0 Å². The third-order valence-corrected chi connectivity index (χ3v) is 8.36. The molecule has 1 aliphatic rings. The number of benzene rings is 3. The van der Waals surface area contributed by atoms with E-state index in [0.717, 1.165) is 5.56 Å². The Hall–Kier alpha value is -5.55. The number of fused-ring (bicyclic) bond motifs is 1. The minimum Gasteiger partial charge on any atom is -0.497 e. The molecule has 0 spiro atoms. The number of nitro groups is 1. The molecule has 45 heavy (non-hydrogen) atoms. The summed E-state index contributed by atoms with van der Waals surface area (Å²) in [5.41, 5.74) is 2.96. The van der Waals surface area contributed by atoms with Crippen molar-refractivity contribution in [1.29, 1.82) is 0 Å². The number of ether oxygens (including phenoxy) is 2. The Labute approximate surface area is 261 Å². The van der Waals surface area contributed by atoms with Gasteiger partial charge in [0.2, 0.25) is 0 Å². The van der Waals surface area contributed by atoms with Crippen molar-refractivity contribution in [3.63, 3.8) is 0 Å². The van der Waals surface area contributed by atoms with E-state index in [4.69, 9.17) is 18.9 Å². The maximum atomic E-state index is 14.1. The minimum atomic E-state index is -0.854. The van der Waals surface area contributed by atoms with Gasteiger partial charge in [-0.05, 0) is 49.2 Å². The van der Waals surface area contributed by atoms with Gasteiger partial charge in [0.25, 0.3) is 11.2 Å². The van der Waals surface area contributed by atoms with Crippen molar-refractivity contribution in [1.82, 2.24) is 4.57 Å². The number of non-ortho nitro benzene ring substituents is 1. The first-order valence-electron chi connectivity index (χ1n) is 14.1. The predicted molar refractivity (Wildman–Crippen MR) is 170 cm³/mol. The largest absolute Gasteiger partial charge is 0.497 e. The number of carbonyl (C=O) groups is 1. The van der Waals surface area contributed by atoms with Gasteiger partial charge in [0.15, 0.2) is 4.80 Å². The van der Waals surface area contributed by atoms with Crippen LogP contribution < -0.4 is 19.6 Å². The highest BCUT2D eigenvalue weighted by molar-refractivity contribution is 7.07. The molecule has 6 rings (SSSR count). The molecule has 3 aromatic carbocycles. The van der Waals surface area contributed by atoms with Crippen LogP contribution in [0.15, 0.2) is 105 Å². The number of carbonyl (C=O) groups excluding carboxylic acids is 1. The molecule has 11 heteroatoms. The van der Waals surface area contributed by atoms with E-state index in [2.05, 4.69) is 0 Å². The first kappa shape index (κ1) is 29.5. The van der Waals surface area contributed by atoms with E-state index in [9.17, 15) is 19.7 Å². The Morgan fingerprint density at radius 2 is 1.89 bits per heavy atom. The number of hydrogen-bond donors (Lipinski definition) is 0. The van der Waals surface area contributed by atoms with Crippen LogP contribution in [-0.4, -0.2) is 29.2 Å². The topological polar surface area (TPSA) is 126 Å². The van der Waals surface area contributed by atoms with E-state index < -0.39 is 16.9 Å². The zero-order valence-corrected chi connectivity index (χ0v) is 25.4. The number of aromatic nitrogens is 1. The molecule has 0 saturated heterocycles. The number of hydrogen-bond acceptors (Lipinski definition) is 9. The molecule has 3 heterocycles. The van der Waals surface area contributed by atoms with Crippen LogP contribution in [0.1, 0.15) is 35.4 Å². The molecule has 1 aliphatic heterocycles. The Morgan fingerprint density at radius 3 is 2.62 bits per heavy atom. The Morgan fingerprint density at radius 1 is 1.09 bits per heavy atom. The summed E-state index contributed by atoms with van der Waals surface area (Å²) in [4.78, 5) is 43.9. The van der Waals surface area contributed by atoms with Crippen molar-refractivity contribution in [3.8, 4) is 17.1 Å². The van der Waals surface area contributed by atoms with Gasteiger partial charge in [-0.15, -0.1) is 0 Å². The molecule has 0 aliphatic carbocycles. The van der Waals surface area contributed by atoms with E-state index in [1.807, 2.05) is 43.3 Å². The third-order valence-electron chi connectivity index (χ3n) is 7.38. The molecule has 0 radical (unpaired) electrons. The van der Waals surface area contributed by atoms with Crippen LogP contribution >= 0.6 is 11.3 Å². The molecule has 226 valence electrons. The van der Waals surface area contributed by atoms with E-state index in [1.165, 1.54) is 28.0 Å². The number of methoxy groups -OCH3 is 1. The van der Waals surface area contributed by atoms with E-state index in [1.54, 1.807) is 56.5 Å². The number of rotatable bonds is 8. The van der Waals surface area contributed by atoms with Gasteiger partial charge in [0.05, 0.1) is 40.5 Å². The summed E-state index contributed by atoms with van der Waals surface area (Å²) in [6, 6.07) is 23.6. The lowest BCUT2D eigenvalue weighted by Crippen LogP contribution is -2.40. The summed E-state index contributed by atoms with van der Waals surface area (Å²) in [7, 11) is 1.55. The quantitative estimate of drug-likeness (QED) is 0.129. The fourth-order valence-electron chi connectivity index (χ4n) is 5.26. The van der Waals surface area contributed by atoms with Gasteiger partial charge in [-0.1, -0.05) is 59.9 Å². The number of nitro benzene ring substituents is 1. The summed E-state index contributed by atoms with van der Waals surface area (Å²) in [6.45, 7) is 3.71. The van der Waals surface area contributed by atoms with Crippen LogP contribution in [0.5, 0.6) is 5.75 Å². The second-order valence-electron chi connectivity index (χ2n) is 10.2. The first-order valence-corrected chi connectivity index (χ1v) is 14.9. The molecule has 0 N–H and O–H groups in total. The molecular weight excluding hydrogens is 594 g/mol. The number of nitrogens with zero attached hydrogens (tertiary/aromatic N) is 3. The Bertz CT molecular complexity index is 2160. The van der Waals surface area contributed by atoms with E-state index in [0.29, 0.717) is 49.0 Å². The maximum absolute atomic E-state index is 14.1. The standard InChI is InChI=1S/C34H27N3O7S/c1-4-43-33(39)29-30(21-9-6-5-7-10-21)35-34-36(31(29)22-11-8-12-24(17-22)42-3)32(38)28(45-34)19-25-15-16-27(44-25)26-18-23(37(40)41)14-13-20(26)2/h5-19,31H,4H2,1-3H3/b28-19-/t31-/m0/s1. The maximum Gasteiger partial charge on any atom is 0.338 e.